The van der Waals surface area contributed by atoms with Crippen molar-refractivity contribution >= 4 is 11.9 Å². The Morgan fingerprint density at radius 1 is 0.893 bits per heavy atom. The maximum atomic E-state index is 13.3. The average molecular weight is 379 g/mol. The van der Waals surface area contributed by atoms with Crippen LogP contribution in [0.3, 0.4) is 0 Å². The first kappa shape index (κ1) is 18.6. The van der Waals surface area contributed by atoms with Crippen molar-refractivity contribution in [1.82, 2.24) is 9.80 Å². The van der Waals surface area contributed by atoms with Crippen LogP contribution in [0.2, 0.25) is 0 Å². The van der Waals surface area contributed by atoms with E-state index in [0.717, 1.165) is 50.5 Å². The summed E-state index contributed by atoms with van der Waals surface area (Å²) in [5.74, 6) is 3.18. The first-order chi connectivity index (χ1) is 13.7. The van der Waals surface area contributed by atoms with Gasteiger partial charge in [0.25, 0.3) is 0 Å². The minimum absolute atomic E-state index is 0.0737. The molecule has 1 aliphatic heterocycles. The third-order valence-corrected chi connectivity index (χ3v) is 7.94. The van der Waals surface area contributed by atoms with E-state index in [4.69, 9.17) is 0 Å². The molecule has 4 aliphatic carbocycles. The molecule has 0 atom stereocenters. The van der Waals surface area contributed by atoms with E-state index in [-0.39, 0.29) is 5.41 Å². The number of hydrogen-bond acceptors (Lipinski definition) is 3. The van der Waals surface area contributed by atoms with Gasteiger partial charge in [0.1, 0.15) is 0 Å². The van der Waals surface area contributed by atoms with Crippen LogP contribution in [-0.4, -0.2) is 54.9 Å². The molecule has 4 bridgehead atoms. The monoisotopic (exact) mass is 378 g/mol. The van der Waals surface area contributed by atoms with Crippen LogP contribution in [0.1, 0.15) is 44.1 Å². The molecule has 6 rings (SSSR count). The minimum atomic E-state index is 0.0737. The van der Waals surface area contributed by atoms with Crippen LogP contribution in [0.25, 0.3) is 6.08 Å². The van der Waals surface area contributed by atoms with Gasteiger partial charge in [0.15, 0.2) is 5.78 Å². The molecule has 1 aromatic rings. The largest absolute Gasteiger partial charge is 0.298 e. The number of benzene rings is 1. The fourth-order valence-electron chi connectivity index (χ4n) is 6.85. The molecule has 3 heteroatoms. The van der Waals surface area contributed by atoms with E-state index in [2.05, 4.69) is 52.3 Å². The van der Waals surface area contributed by atoms with Crippen molar-refractivity contribution in [3.8, 4) is 0 Å². The standard InChI is InChI=1S/C25H34N2O/c28-24(25-16-21-13-22(17-25)15-23(14-21)18-25)19-27-11-9-26(10-12-27)8-4-7-20-5-2-1-3-6-20/h1-7,21-23H,8-19H2/b7-4+. The summed E-state index contributed by atoms with van der Waals surface area (Å²) >= 11 is 0. The second kappa shape index (κ2) is 7.76. The second-order valence-electron chi connectivity index (χ2n) is 10.0. The Balaban J connectivity index is 1.10. The molecule has 1 saturated heterocycles. The quantitative estimate of drug-likeness (QED) is 0.744. The third kappa shape index (κ3) is 3.84. The number of nitrogens with zero attached hydrogens (tertiary/aromatic N) is 2. The van der Waals surface area contributed by atoms with E-state index in [1.54, 1.807) is 0 Å². The molecular formula is C25H34N2O. The summed E-state index contributed by atoms with van der Waals surface area (Å²) < 4.78 is 0. The van der Waals surface area contributed by atoms with Crippen molar-refractivity contribution in [2.24, 2.45) is 23.2 Å². The Hall–Kier alpha value is -1.45. The van der Waals surface area contributed by atoms with E-state index in [0.29, 0.717) is 12.3 Å². The Bertz CT molecular complexity index is 682. The topological polar surface area (TPSA) is 23.6 Å². The molecule has 3 nitrogen and oxygen atoms in total. The van der Waals surface area contributed by atoms with Gasteiger partial charge in [-0.3, -0.25) is 14.6 Å². The third-order valence-electron chi connectivity index (χ3n) is 7.94. The molecule has 0 amide bonds. The molecule has 1 aromatic carbocycles. The molecular weight excluding hydrogens is 344 g/mol. The molecule has 4 saturated carbocycles. The summed E-state index contributed by atoms with van der Waals surface area (Å²) in [5.41, 5.74) is 1.34. The zero-order chi connectivity index (χ0) is 19.0. The smallest absolute Gasteiger partial charge is 0.152 e. The number of rotatable bonds is 6. The molecule has 1 heterocycles. The van der Waals surface area contributed by atoms with Crippen molar-refractivity contribution in [2.75, 3.05) is 39.3 Å². The van der Waals surface area contributed by atoms with Crippen LogP contribution < -0.4 is 0 Å². The molecule has 5 fully saturated rings. The van der Waals surface area contributed by atoms with Crippen molar-refractivity contribution < 1.29 is 4.79 Å². The van der Waals surface area contributed by atoms with Crippen molar-refractivity contribution in [3.05, 3.63) is 42.0 Å². The normalized spacial score (nSPS) is 35.6. The van der Waals surface area contributed by atoms with Gasteiger partial charge in [-0.25, -0.2) is 0 Å². The van der Waals surface area contributed by atoms with Crippen LogP contribution in [0.15, 0.2) is 36.4 Å². The first-order valence-electron chi connectivity index (χ1n) is 11.4. The van der Waals surface area contributed by atoms with Crippen molar-refractivity contribution in [3.63, 3.8) is 0 Å². The number of ketones is 1. The lowest BCUT2D eigenvalue weighted by atomic mass is 9.48. The summed E-state index contributed by atoms with van der Waals surface area (Å²) in [5, 5.41) is 0. The molecule has 28 heavy (non-hydrogen) atoms. The van der Waals surface area contributed by atoms with Crippen LogP contribution >= 0.6 is 0 Å². The van der Waals surface area contributed by atoms with E-state index in [1.165, 1.54) is 44.1 Å². The lowest BCUT2D eigenvalue weighted by Gasteiger charge is -2.56. The molecule has 0 radical (unpaired) electrons. The minimum Gasteiger partial charge on any atom is -0.298 e. The summed E-state index contributed by atoms with van der Waals surface area (Å²) in [7, 11) is 0. The summed E-state index contributed by atoms with van der Waals surface area (Å²) in [6.45, 7) is 5.95. The Labute approximate surface area is 169 Å². The highest BCUT2D eigenvalue weighted by molar-refractivity contribution is 5.87. The lowest BCUT2D eigenvalue weighted by Crippen LogP contribution is -2.54. The predicted octanol–water partition coefficient (Wildman–Crippen LogP) is 4.10. The van der Waals surface area contributed by atoms with Gasteiger partial charge >= 0.3 is 0 Å². The van der Waals surface area contributed by atoms with E-state index >= 15 is 0 Å². The highest BCUT2D eigenvalue weighted by Crippen LogP contribution is 2.60. The number of hydrogen-bond donors (Lipinski definition) is 0. The fourth-order valence-corrected chi connectivity index (χ4v) is 6.85. The fraction of sp³-hybridized carbons (Fsp3) is 0.640. The SMILES string of the molecule is O=C(CN1CCN(C/C=C/c2ccccc2)CC1)C12CC3CC(CC(C3)C1)C2. The van der Waals surface area contributed by atoms with Crippen LogP contribution in [0.4, 0.5) is 0 Å². The first-order valence-corrected chi connectivity index (χ1v) is 11.4. The van der Waals surface area contributed by atoms with Gasteiger partial charge in [-0.15, -0.1) is 0 Å². The van der Waals surface area contributed by atoms with Crippen LogP contribution in [-0.2, 0) is 4.79 Å². The number of carbonyl (C=O) groups is 1. The van der Waals surface area contributed by atoms with Gasteiger partial charge in [-0.2, -0.15) is 0 Å². The van der Waals surface area contributed by atoms with Crippen LogP contribution in [0, 0.1) is 23.2 Å². The maximum Gasteiger partial charge on any atom is 0.152 e. The number of carbonyl (C=O) groups excluding carboxylic acids is 1. The molecule has 0 N–H and O–H groups in total. The Morgan fingerprint density at radius 3 is 2.07 bits per heavy atom. The highest BCUT2D eigenvalue weighted by Gasteiger charge is 2.54. The lowest BCUT2D eigenvalue weighted by molar-refractivity contribution is -0.145. The summed E-state index contributed by atoms with van der Waals surface area (Å²) in [4.78, 5) is 18.2. The zero-order valence-corrected chi connectivity index (χ0v) is 17.1. The molecule has 150 valence electrons. The summed E-state index contributed by atoms with van der Waals surface area (Å²) in [6, 6.07) is 10.5. The number of Topliss-reactive ketones (excluding diaryl/α,β-unsaturated/α-hetero) is 1. The summed E-state index contributed by atoms with van der Waals surface area (Å²) in [6.07, 6.45) is 12.4. The van der Waals surface area contributed by atoms with Gasteiger partial charge in [0.2, 0.25) is 0 Å². The van der Waals surface area contributed by atoms with Crippen molar-refractivity contribution in [2.45, 2.75) is 38.5 Å². The van der Waals surface area contributed by atoms with Gasteiger partial charge in [-0.1, -0.05) is 42.5 Å². The van der Waals surface area contributed by atoms with Crippen LogP contribution in [0.5, 0.6) is 0 Å². The molecule has 0 spiro atoms. The zero-order valence-electron chi connectivity index (χ0n) is 17.1. The molecule has 5 aliphatic rings. The average Bonchev–Trinajstić information content (AvgIpc) is 2.69. The Morgan fingerprint density at radius 2 is 1.46 bits per heavy atom. The van der Waals surface area contributed by atoms with E-state index < -0.39 is 0 Å². The predicted molar refractivity (Wildman–Crippen MR) is 114 cm³/mol. The molecule has 0 unspecified atom stereocenters. The molecule has 0 aromatic heterocycles. The Kier molecular flexibility index (Phi) is 5.15. The van der Waals surface area contributed by atoms with E-state index in [1.807, 2.05) is 0 Å². The van der Waals surface area contributed by atoms with Gasteiger partial charge in [-0.05, 0) is 61.8 Å². The second-order valence-corrected chi connectivity index (χ2v) is 10.0. The van der Waals surface area contributed by atoms with Crippen molar-refractivity contribution in [1.29, 1.82) is 0 Å². The van der Waals surface area contributed by atoms with Gasteiger partial charge < -0.3 is 0 Å². The van der Waals surface area contributed by atoms with Gasteiger partial charge in [0.05, 0.1) is 6.54 Å². The van der Waals surface area contributed by atoms with E-state index in [9.17, 15) is 4.79 Å². The van der Waals surface area contributed by atoms with Gasteiger partial charge in [0, 0.05) is 38.1 Å². The number of piperazine rings is 1. The highest BCUT2D eigenvalue weighted by atomic mass is 16.1. The maximum absolute atomic E-state index is 13.3.